The third kappa shape index (κ3) is 4.65. The van der Waals surface area contributed by atoms with E-state index in [2.05, 4.69) is 25.6 Å². The summed E-state index contributed by atoms with van der Waals surface area (Å²) >= 11 is 0. The van der Waals surface area contributed by atoms with Crippen LogP contribution in [0, 0.1) is 0 Å². The maximum Gasteiger partial charge on any atom is 0.229 e. The smallest absolute Gasteiger partial charge is 0.229 e. The zero-order chi connectivity index (χ0) is 22.9. The Bertz CT molecular complexity index is 1380. The molecule has 32 heavy (non-hydrogen) atoms. The van der Waals surface area contributed by atoms with Crippen molar-refractivity contribution in [2.45, 2.75) is 5.75 Å². The van der Waals surface area contributed by atoms with Crippen LogP contribution in [0.2, 0.25) is 0 Å². The normalized spacial score (nSPS) is 11.5. The highest BCUT2D eigenvalue weighted by atomic mass is 32.2. The van der Waals surface area contributed by atoms with E-state index in [0.717, 1.165) is 28.4 Å². The van der Waals surface area contributed by atoms with E-state index >= 15 is 0 Å². The van der Waals surface area contributed by atoms with E-state index in [0.29, 0.717) is 17.3 Å². The third-order valence-corrected chi connectivity index (χ3v) is 5.93. The molecule has 0 saturated heterocycles. The van der Waals surface area contributed by atoms with Crippen molar-refractivity contribution in [3.8, 4) is 0 Å². The summed E-state index contributed by atoms with van der Waals surface area (Å²) in [6.07, 6.45) is 2.90. The van der Waals surface area contributed by atoms with Gasteiger partial charge in [0.1, 0.15) is 5.82 Å². The van der Waals surface area contributed by atoms with Gasteiger partial charge in [0.2, 0.25) is 11.9 Å². The molecule has 0 unspecified atom stereocenters. The summed E-state index contributed by atoms with van der Waals surface area (Å²) in [6, 6.07) is 15.1. The van der Waals surface area contributed by atoms with Crippen molar-refractivity contribution in [3.05, 3.63) is 60.3 Å². The minimum atomic E-state index is -3.11. The molecule has 166 valence electrons. The van der Waals surface area contributed by atoms with Gasteiger partial charge in [0.25, 0.3) is 0 Å². The second kappa shape index (κ2) is 8.46. The third-order valence-electron chi connectivity index (χ3n) is 5.07. The lowest BCUT2D eigenvalue weighted by Crippen LogP contribution is -2.12. The summed E-state index contributed by atoms with van der Waals surface area (Å²) in [7, 11) is 2.64. The molecule has 9 nitrogen and oxygen atoms in total. The fourth-order valence-corrected chi connectivity index (χ4v) is 4.30. The fraction of sp³-hybridized carbons (Fsp3) is 0.227. The molecule has 0 radical (unpaired) electrons. The second-order valence-electron chi connectivity index (χ2n) is 7.61. The van der Waals surface area contributed by atoms with Gasteiger partial charge in [0, 0.05) is 45.0 Å². The van der Waals surface area contributed by atoms with Gasteiger partial charge >= 0.3 is 0 Å². The van der Waals surface area contributed by atoms with Crippen LogP contribution >= 0.6 is 0 Å². The van der Waals surface area contributed by atoms with Gasteiger partial charge < -0.3 is 20.1 Å². The topological polar surface area (TPSA) is 105 Å². The van der Waals surface area contributed by atoms with Crippen LogP contribution in [0.15, 0.2) is 54.7 Å². The molecule has 2 aromatic carbocycles. The maximum absolute atomic E-state index is 11.6. The Balaban J connectivity index is 1.58. The highest BCUT2D eigenvalue weighted by Gasteiger charge is 2.12. The minimum Gasteiger partial charge on any atom is -0.359 e. The van der Waals surface area contributed by atoms with Crippen LogP contribution in [0.1, 0.15) is 5.56 Å². The number of hydrogen-bond acceptors (Lipinski definition) is 8. The number of fused-ring (bicyclic) bond motifs is 1. The molecule has 0 aliphatic rings. The first-order valence-electron chi connectivity index (χ1n) is 9.98. The maximum atomic E-state index is 11.6. The van der Waals surface area contributed by atoms with E-state index in [4.69, 9.17) is 0 Å². The van der Waals surface area contributed by atoms with Gasteiger partial charge in [0.15, 0.2) is 9.84 Å². The Morgan fingerprint density at radius 3 is 2.66 bits per heavy atom. The SMILES string of the molecule is CNc1nc2cc(N(C)c3ccnc(Nc4cccc(CS(C)(=O)=O)c4)n3)ccc2n1C. The van der Waals surface area contributed by atoms with E-state index in [1.807, 2.05) is 60.9 Å². The number of aromatic nitrogens is 4. The predicted molar refractivity (Wildman–Crippen MR) is 129 cm³/mol. The molecule has 0 amide bonds. The number of hydrogen-bond donors (Lipinski definition) is 2. The van der Waals surface area contributed by atoms with Crippen LogP contribution in [-0.4, -0.2) is 48.3 Å². The zero-order valence-corrected chi connectivity index (χ0v) is 19.2. The molecular weight excluding hydrogens is 426 g/mol. The summed E-state index contributed by atoms with van der Waals surface area (Å²) in [6.45, 7) is 0. The van der Waals surface area contributed by atoms with Crippen molar-refractivity contribution < 1.29 is 8.42 Å². The fourth-order valence-electron chi connectivity index (χ4n) is 3.52. The number of benzene rings is 2. The van der Waals surface area contributed by atoms with Gasteiger partial charge in [-0.2, -0.15) is 4.98 Å². The van der Waals surface area contributed by atoms with Crippen molar-refractivity contribution in [2.75, 3.05) is 35.9 Å². The summed E-state index contributed by atoms with van der Waals surface area (Å²) in [5, 5.41) is 6.25. The van der Waals surface area contributed by atoms with E-state index in [-0.39, 0.29) is 5.75 Å². The molecule has 2 heterocycles. The first-order chi connectivity index (χ1) is 15.2. The number of nitrogens with one attached hydrogen (secondary N) is 2. The molecule has 0 saturated carbocycles. The molecule has 0 bridgehead atoms. The quantitative estimate of drug-likeness (QED) is 0.440. The average Bonchev–Trinajstić information content (AvgIpc) is 3.07. The first-order valence-corrected chi connectivity index (χ1v) is 12.0. The minimum absolute atomic E-state index is 0.0164. The number of imidazole rings is 1. The standard InChI is InChI=1S/C22H25N7O2S/c1-23-22-26-18-13-17(8-9-19(18)29(22)3)28(2)20-10-11-24-21(27-20)25-16-7-5-6-15(12-16)14-32(4,30)31/h5-13H,14H2,1-4H3,(H,23,26)(H,24,25,27). The lowest BCUT2D eigenvalue weighted by Gasteiger charge is -2.19. The van der Waals surface area contributed by atoms with Crippen molar-refractivity contribution in [1.82, 2.24) is 19.5 Å². The lowest BCUT2D eigenvalue weighted by molar-refractivity contribution is 0.601. The van der Waals surface area contributed by atoms with Crippen molar-refractivity contribution in [2.24, 2.45) is 7.05 Å². The molecular formula is C22H25N7O2S. The molecule has 4 aromatic rings. The molecule has 10 heteroatoms. The molecule has 0 atom stereocenters. The van der Waals surface area contributed by atoms with Crippen LogP contribution in [0.25, 0.3) is 11.0 Å². The Morgan fingerprint density at radius 2 is 1.91 bits per heavy atom. The average molecular weight is 452 g/mol. The molecule has 2 N–H and O–H groups in total. The van der Waals surface area contributed by atoms with E-state index in [1.54, 1.807) is 24.4 Å². The first kappa shape index (κ1) is 21.6. The van der Waals surface area contributed by atoms with Gasteiger partial charge in [-0.05, 0) is 42.0 Å². The van der Waals surface area contributed by atoms with E-state index in [1.165, 1.54) is 6.26 Å². The molecule has 2 aromatic heterocycles. The van der Waals surface area contributed by atoms with Gasteiger partial charge in [-0.1, -0.05) is 12.1 Å². The number of sulfone groups is 1. The molecule has 4 rings (SSSR count). The van der Waals surface area contributed by atoms with E-state index in [9.17, 15) is 8.42 Å². The monoisotopic (exact) mass is 451 g/mol. The van der Waals surface area contributed by atoms with E-state index < -0.39 is 9.84 Å². The van der Waals surface area contributed by atoms with Crippen LogP contribution in [-0.2, 0) is 22.6 Å². The van der Waals surface area contributed by atoms with Gasteiger partial charge in [-0.25, -0.2) is 18.4 Å². The van der Waals surface area contributed by atoms with Crippen LogP contribution < -0.4 is 15.5 Å². The Kier molecular flexibility index (Phi) is 5.70. The predicted octanol–water partition coefficient (Wildman–Crippen LogP) is 3.46. The van der Waals surface area contributed by atoms with Crippen LogP contribution in [0.3, 0.4) is 0 Å². The number of rotatable bonds is 7. The summed E-state index contributed by atoms with van der Waals surface area (Å²) < 4.78 is 25.2. The summed E-state index contributed by atoms with van der Waals surface area (Å²) in [4.78, 5) is 15.5. The van der Waals surface area contributed by atoms with Crippen molar-refractivity contribution >= 4 is 50.0 Å². The van der Waals surface area contributed by atoms with Crippen LogP contribution in [0.4, 0.5) is 29.1 Å². The lowest BCUT2D eigenvalue weighted by atomic mass is 10.2. The second-order valence-corrected chi connectivity index (χ2v) is 9.75. The summed E-state index contributed by atoms with van der Waals surface area (Å²) in [5.74, 6) is 1.91. The highest BCUT2D eigenvalue weighted by molar-refractivity contribution is 7.89. The highest BCUT2D eigenvalue weighted by Crippen LogP contribution is 2.28. The largest absolute Gasteiger partial charge is 0.359 e. The van der Waals surface area contributed by atoms with Gasteiger partial charge in [-0.3, -0.25) is 0 Å². The number of anilines is 5. The zero-order valence-electron chi connectivity index (χ0n) is 18.4. The van der Waals surface area contributed by atoms with Gasteiger partial charge in [0.05, 0.1) is 16.8 Å². The number of aryl methyl sites for hydroxylation is 1. The van der Waals surface area contributed by atoms with Crippen molar-refractivity contribution in [3.63, 3.8) is 0 Å². The van der Waals surface area contributed by atoms with Crippen LogP contribution in [0.5, 0.6) is 0 Å². The molecule has 0 aliphatic carbocycles. The molecule has 0 spiro atoms. The van der Waals surface area contributed by atoms with Gasteiger partial charge in [-0.15, -0.1) is 0 Å². The summed E-state index contributed by atoms with van der Waals surface area (Å²) in [5.41, 5.74) is 4.29. The molecule has 0 fully saturated rings. The molecule has 0 aliphatic heterocycles. The van der Waals surface area contributed by atoms with Crippen molar-refractivity contribution in [1.29, 1.82) is 0 Å². The Labute approximate surface area is 187 Å². The Morgan fingerprint density at radius 1 is 1.09 bits per heavy atom. The Hall–Kier alpha value is -3.66. The number of nitrogens with zero attached hydrogens (tertiary/aromatic N) is 5.